The van der Waals surface area contributed by atoms with Crippen LogP contribution in [0.4, 0.5) is 0 Å². The normalized spacial score (nSPS) is 19.8. The molecule has 1 fully saturated rings. The van der Waals surface area contributed by atoms with Gasteiger partial charge in [0.25, 0.3) is 0 Å². The van der Waals surface area contributed by atoms with Crippen LogP contribution in [0.5, 0.6) is 0 Å². The molecule has 152 valence electrons. The van der Waals surface area contributed by atoms with E-state index in [-0.39, 0.29) is 61.0 Å². The van der Waals surface area contributed by atoms with E-state index in [0.29, 0.717) is 12.0 Å². The molecule has 0 saturated carbocycles. The lowest BCUT2D eigenvalue weighted by molar-refractivity contribution is -0.122. The number of carbonyl (C=O) groups is 3. The van der Waals surface area contributed by atoms with Crippen LogP contribution in [-0.2, 0) is 32.3 Å². The average molecular weight is 407 g/mol. The number of benzene rings is 1. The summed E-state index contributed by atoms with van der Waals surface area (Å²) < 4.78 is 22.7. The molecule has 1 aliphatic carbocycles. The van der Waals surface area contributed by atoms with Gasteiger partial charge in [-0.2, -0.15) is 0 Å². The van der Waals surface area contributed by atoms with Crippen LogP contribution >= 0.6 is 0 Å². The van der Waals surface area contributed by atoms with Gasteiger partial charge < -0.3 is 10.6 Å². The lowest BCUT2D eigenvalue weighted by Crippen LogP contribution is -2.37. The van der Waals surface area contributed by atoms with Crippen LogP contribution in [0.15, 0.2) is 18.2 Å². The summed E-state index contributed by atoms with van der Waals surface area (Å²) in [4.78, 5) is 36.0. The predicted octanol–water partition coefficient (Wildman–Crippen LogP) is 0.948. The summed E-state index contributed by atoms with van der Waals surface area (Å²) in [6.07, 6.45) is 3.93. The first-order valence-electron chi connectivity index (χ1n) is 9.74. The number of nitrogens with one attached hydrogen (secondary N) is 2. The van der Waals surface area contributed by atoms with Crippen molar-refractivity contribution in [2.75, 3.05) is 18.1 Å². The highest BCUT2D eigenvalue weighted by Gasteiger charge is 2.28. The summed E-state index contributed by atoms with van der Waals surface area (Å²) in [6, 6.07) is 5.44. The van der Waals surface area contributed by atoms with Gasteiger partial charge >= 0.3 is 0 Å². The SMILES string of the molecule is O=C(CCC(=O)c1ccc2c(c1)CCC2)NCCC(=O)NC1CCS(=O)(=O)C1. The molecule has 0 spiro atoms. The zero-order valence-electron chi connectivity index (χ0n) is 15.8. The number of hydrogen-bond donors (Lipinski definition) is 2. The fourth-order valence-corrected chi connectivity index (χ4v) is 5.40. The third-order valence-electron chi connectivity index (χ3n) is 5.27. The standard InChI is InChI=1S/C20H26N2O5S/c23-18(16-5-4-14-2-1-3-15(14)12-16)6-7-19(24)21-10-8-20(25)22-17-9-11-28(26,27)13-17/h4-5,12,17H,1-3,6-11,13H2,(H,21,24)(H,22,25). The van der Waals surface area contributed by atoms with Gasteiger partial charge in [0.1, 0.15) is 0 Å². The molecule has 0 aromatic heterocycles. The second-order valence-electron chi connectivity index (χ2n) is 7.53. The van der Waals surface area contributed by atoms with Gasteiger partial charge in [-0.15, -0.1) is 0 Å². The molecule has 2 N–H and O–H groups in total. The molecular weight excluding hydrogens is 380 g/mol. The van der Waals surface area contributed by atoms with Crippen molar-refractivity contribution in [3.8, 4) is 0 Å². The fourth-order valence-electron chi connectivity index (χ4n) is 3.73. The zero-order valence-corrected chi connectivity index (χ0v) is 16.6. The third-order valence-corrected chi connectivity index (χ3v) is 7.04. The van der Waals surface area contributed by atoms with Gasteiger partial charge in [0.15, 0.2) is 15.6 Å². The van der Waals surface area contributed by atoms with Crippen LogP contribution in [0.2, 0.25) is 0 Å². The van der Waals surface area contributed by atoms with E-state index in [1.54, 1.807) is 0 Å². The number of carbonyl (C=O) groups excluding carboxylic acids is 3. The molecule has 1 atom stereocenters. The quantitative estimate of drug-likeness (QED) is 0.625. The Labute approximate surface area is 165 Å². The first kappa shape index (κ1) is 20.5. The number of amides is 2. The number of rotatable bonds is 8. The predicted molar refractivity (Wildman–Crippen MR) is 105 cm³/mol. The van der Waals surface area contributed by atoms with Crippen molar-refractivity contribution in [3.05, 3.63) is 34.9 Å². The second-order valence-corrected chi connectivity index (χ2v) is 9.76. The maximum absolute atomic E-state index is 12.3. The summed E-state index contributed by atoms with van der Waals surface area (Å²) in [5, 5.41) is 5.31. The molecule has 1 heterocycles. The number of fused-ring (bicyclic) bond motifs is 1. The van der Waals surface area contributed by atoms with Crippen LogP contribution in [0.1, 0.15) is 53.6 Å². The molecule has 2 aliphatic rings. The van der Waals surface area contributed by atoms with Gasteiger partial charge in [0.2, 0.25) is 11.8 Å². The molecule has 0 bridgehead atoms. The number of Topliss-reactive ketones (excluding diaryl/α,β-unsaturated/α-hetero) is 1. The Morgan fingerprint density at radius 1 is 1.00 bits per heavy atom. The van der Waals surface area contributed by atoms with Crippen molar-refractivity contribution in [2.45, 2.75) is 51.0 Å². The van der Waals surface area contributed by atoms with Gasteiger partial charge in [-0.3, -0.25) is 14.4 Å². The lowest BCUT2D eigenvalue weighted by Gasteiger charge is -2.11. The van der Waals surface area contributed by atoms with Gasteiger partial charge in [-0.05, 0) is 42.9 Å². The Balaban J connectivity index is 1.33. The minimum absolute atomic E-state index is 0.0180. The van der Waals surface area contributed by atoms with E-state index < -0.39 is 9.84 Å². The molecule has 1 aromatic rings. The molecular formula is C20H26N2O5S. The molecule has 1 aliphatic heterocycles. The first-order chi connectivity index (χ1) is 13.3. The average Bonchev–Trinajstić information content (AvgIpc) is 3.24. The van der Waals surface area contributed by atoms with E-state index >= 15 is 0 Å². The Kier molecular flexibility index (Phi) is 6.49. The van der Waals surface area contributed by atoms with Crippen molar-refractivity contribution in [1.82, 2.24) is 10.6 Å². The summed E-state index contributed by atoms with van der Waals surface area (Å²) >= 11 is 0. The van der Waals surface area contributed by atoms with E-state index in [1.807, 2.05) is 18.2 Å². The van der Waals surface area contributed by atoms with Crippen LogP contribution < -0.4 is 10.6 Å². The number of hydrogen-bond acceptors (Lipinski definition) is 5. The number of aryl methyl sites for hydroxylation is 2. The summed E-state index contributed by atoms with van der Waals surface area (Å²) in [6.45, 7) is 0.164. The second kappa shape index (κ2) is 8.86. The number of ketones is 1. The van der Waals surface area contributed by atoms with Gasteiger partial charge in [0.05, 0.1) is 11.5 Å². The van der Waals surface area contributed by atoms with E-state index in [0.717, 1.165) is 19.3 Å². The first-order valence-corrected chi connectivity index (χ1v) is 11.6. The molecule has 1 saturated heterocycles. The Morgan fingerprint density at radius 2 is 1.79 bits per heavy atom. The summed E-state index contributed by atoms with van der Waals surface area (Å²) in [7, 11) is -3.03. The molecule has 1 aromatic carbocycles. The molecule has 2 amide bonds. The van der Waals surface area contributed by atoms with Crippen molar-refractivity contribution >= 4 is 27.4 Å². The van der Waals surface area contributed by atoms with Crippen molar-refractivity contribution in [1.29, 1.82) is 0 Å². The molecule has 8 heteroatoms. The van der Waals surface area contributed by atoms with Crippen LogP contribution in [0, 0.1) is 0 Å². The lowest BCUT2D eigenvalue weighted by atomic mass is 10.0. The maximum atomic E-state index is 12.3. The van der Waals surface area contributed by atoms with E-state index in [4.69, 9.17) is 0 Å². The monoisotopic (exact) mass is 406 g/mol. The van der Waals surface area contributed by atoms with Crippen molar-refractivity contribution in [2.24, 2.45) is 0 Å². The van der Waals surface area contributed by atoms with Crippen molar-refractivity contribution in [3.63, 3.8) is 0 Å². The highest BCUT2D eigenvalue weighted by molar-refractivity contribution is 7.91. The minimum Gasteiger partial charge on any atom is -0.356 e. The highest BCUT2D eigenvalue weighted by atomic mass is 32.2. The molecule has 7 nitrogen and oxygen atoms in total. The van der Waals surface area contributed by atoms with Crippen LogP contribution in [-0.4, -0.2) is 50.1 Å². The van der Waals surface area contributed by atoms with E-state index in [1.165, 1.54) is 11.1 Å². The molecule has 28 heavy (non-hydrogen) atoms. The Bertz CT molecular complexity index is 879. The summed E-state index contributed by atoms with van der Waals surface area (Å²) in [5.74, 6) is -0.518. The van der Waals surface area contributed by atoms with Gasteiger partial charge in [-0.1, -0.05) is 12.1 Å². The minimum atomic E-state index is -3.03. The maximum Gasteiger partial charge on any atom is 0.222 e. The molecule has 0 radical (unpaired) electrons. The topological polar surface area (TPSA) is 109 Å². The van der Waals surface area contributed by atoms with Crippen LogP contribution in [0.25, 0.3) is 0 Å². The summed E-state index contributed by atoms with van der Waals surface area (Å²) in [5.41, 5.74) is 3.19. The van der Waals surface area contributed by atoms with Crippen LogP contribution in [0.3, 0.4) is 0 Å². The van der Waals surface area contributed by atoms with Crippen molar-refractivity contribution < 1.29 is 22.8 Å². The van der Waals surface area contributed by atoms with E-state index in [9.17, 15) is 22.8 Å². The Hall–Kier alpha value is -2.22. The van der Waals surface area contributed by atoms with Gasteiger partial charge in [-0.25, -0.2) is 8.42 Å². The molecule has 3 rings (SSSR count). The smallest absolute Gasteiger partial charge is 0.222 e. The molecule has 1 unspecified atom stereocenters. The fraction of sp³-hybridized carbons (Fsp3) is 0.550. The van der Waals surface area contributed by atoms with E-state index in [2.05, 4.69) is 10.6 Å². The van der Waals surface area contributed by atoms with Gasteiger partial charge in [0, 0.05) is 37.4 Å². The zero-order chi connectivity index (χ0) is 20.1. The highest BCUT2D eigenvalue weighted by Crippen LogP contribution is 2.23. The largest absolute Gasteiger partial charge is 0.356 e. The Morgan fingerprint density at radius 3 is 2.54 bits per heavy atom. The number of sulfone groups is 1. The third kappa shape index (κ3) is 5.64.